The molecule has 0 aromatic heterocycles. The first-order valence-electron chi connectivity index (χ1n) is 6.40. The van der Waals surface area contributed by atoms with Gasteiger partial charge in [-0.05, 0) is 43.7 Å². The van der Waals surface area contributed by atoms with Crippen molar-refractivity contribution >= 4 is 0 Å². The number of hydrogen-bond acceptors (Lipinski definition) is 2. The molecule has 0 amide bonds. The highest BCUT2D eigenvalue weighted by Gasteiger charge is 2.36. The summed E-state index contributed by atoms with van der Waals surface area (Å²) in [5, 5.41) is 9.58. The van der Waals surface area contributed by atoms with E-state index in [1.165, 1.54) is 11.1 Å². The molecule has 0 heterocycles. The molecule has 1 aliphatic rings. The van der Waals surface area contributed by atoms with Crippen LogP contribution in [-0.2, 0) is 16.6 Å². The smallest absolute Gasteiger partial charge is 0.0847 e. The molecule has 1 aromatic carbocycles. The van der Waals surface area contributed by atoms with Gasteiger partial charge in [0.05, 0.1) is 11.5 Å². The number of benzene rings is 1. The van der Waals surface area contributed by atoms with Gasteiger partial charge in [0.15, 0.2) is 0 Å². The second-order valence-corrected chi connectivity index (χ2v) is 4.65. The minimum atomic E-state index is -0.315. The number of aryl methyl sites for hydroxylation is 1. The van der Waals surface area contributed by atoms with E-state index in [0.717, 1.165) is 32.3 Å². The van der Waals surface area contributed by atoms with E-state index in [9.17, 15) is 5.26 Å². The number of rotatable bonds is 4. The van der Waals surface area contributed by atoms with Crippen molar-refractivity contribution in [1.29, 1.82) is 5.26 Å². The second-order valence-electron chi connectivity index (χ2n) is 4.65. The first-order valence-corrected chi connectivity index (χ1v) is 6.40. The summed E-state index contributed by atoms with van der Waals surface area (Å²) in [5.74, 6) is 0. The zero-order valence-corrected chi connectivity index (χ0v) is 10.4. The van der Waals surface area contributed by atoms with E-state index in [0.29, 0.717) is 6.61 Å². The molecule has 17 heavy (non-hydrogen) atoms. The van der Waals surface area contributed by atoms with E-state index in [2.05, 4.69) is 24.3 Å². The molecule has 1 unspecified atom stereocenters. The van der Waals surface area contributed by atoms with Gasteiger partial charge in [0.25, 0.3) is 0 Å². The normalized spacial score (nSPS) is 22.8. The van der Waals surface area contributed by atoms with Gasteiger partial charge in [-0.1, -0.05) is 24.3 Å². The van der Waals surface area contributed by atoms with E-state index in [1.807, 2.05) is 13.0 Å². The molecule has 2 rings (SSSR count). The van der Waals surface area contributed by atoms with Gasteiger partial charge in [-0.25, -0.2) is 0 Å². The number of hydrogen-bond donors (Lipinski definition) is 0. The zero-order valence-electron chi connectivity index (χ0n) is 10.4. The third kappa shape index (κ3) is 2.35. The van der Waals surface area contributed by atoms with Gasteiger partial charge in [0.1, 0.15) is 0 Å². The van der Waals surface area contributed by atoms with Crippen molar-refractivity contribution in [2.75, 3.05) is 13.2 Å². The Morgan fingerprint density at radius 1 is 1.41 bits per heavy atom. The van der Waals surface area contributed by atoms with E-state index in [4.69, 9.17) is 4.74 Å². The monoisotopic (exact) mass is 229 g/mol. The van der Waals surface area contributed by atoms with Crippen LogP contribution >= 0.6 is 0 Å². The maximum Gasteiger partial charge on any atom is 0.0847 e. The highest BCUT2D eigenvalue weighted by atomic mass is 16.5. The van der Waals surface area contributed by atoms with Gasteiger partial charge in [0, 0.05) is 13.2 Å². The van der Waals surface area contributed by atoms with Gasteiger partial charge < -0.3 is 4.74 Å². The van der Waals surface area contributed by atoms with Crippen molar-refractivity contribution in [3.63, 3.8) is 0 Å². The fourth-order valence-corrected chi connectivity index (χ4v) is 2.74. The average Bonchev–Trinajstić information content (AvgIpc) is 2.39. The van der Waals surface area contributed by atoms with Crippen molar-refractivity contribution in [2.45, 2.75) is 38.0 Å². The first kappa shape index (κ1) is 12.1. The Labute approximate surface area is 103 Å². The summed E-state index contributed by atoms with van der Waals surface area (Å²) in [6.07, 6.45) is 3.99. The summed E-state index contributed by atoms with van der Waals surface area (Å²) >= 11 is 0. The van der Waals surface area contributed by atoms with Crippen LogP contribution in [0.4, 0.5) is 0 Å². The minimum Gasteiger partial charge on any atom is -0.382 e. The molecule has 0 aliphatic heterocycles. The predicted molar refractivity (Wildman–Crippen MR) is 67.8 cm³/mol. The summed E-state index contributed by atoms with van der Waals surface area (Å²) in [4.78, 5) is 0. The molecule has 0 bridgehead atoms. The molecule has 0 saturated heterocycles. The number of ether oxygens (including phenoxy) is 1. The lowest BCUT2D eigenvalue weighted by Gasteiger charge is -2.33. The fourth-order valence-electron chi connectivity index (χ4n) is 2.74. The molecule has 1 atom stereocenters. The third-order valence-corrected chi connectivity index (χ3v) is 3.67. The van der Waals surface area contributed by atoms with E-state index in [1.54, 1.807) is 0 Å². The zero-order chi connectivity index (χ0) is 12.1. The topological polar surface area (TPSA) is 33.0 Å². The van der Waals surface area contributed by atoms with Crippen molar-refractivity contribution < 1.29 is 4.74 Å². The summed E-state index contributed by atoms with van der Waals surface area (Å²) < 4.78 is 5.43. The Morgan fingerprint density at radius 3 is 3.00 bits per heavy atom. The summed E-state index contributed by atoms with van der Waals surface area (Å²) in [6, 6.07) is 10.9. The van der Waals surface area contributed by atoms with Crippen LogP contribution in [-0.4, -0.2) is 13.2 Å². The molecule has 90 valence electrons. The largest absolute Gasteiger partial charge is 0.382 e. The lowest BCUT2D eigenvalue weighted by Crippen LogP contribution is -2.30. The van der Waals surface area contributed by atoms with Gasteiger partial charge in [-0.15, -0.1) is 0 Å². The van der Waals surface area contributed by atoms with Crippen LogP contribution in [0, 0.1) is 11.3 Å². The van der Waals surface area contributed by atoms with Crippen LogP contribution in [0.1, 0.15) is 37.3 Å². The molecular weight excluding hydrogens is 210 g/mol. The number of nitrogens with zero attached hydrogens (tertiary/aromatic N) is 1. The number of nitriles is 1. The van der Waals surface area contributed by atoms with Crippen LogP contribution < -0.4 is 0 Å². The van der Waals surface area contributed by atoms with Crippen molar-refractivity contribution in [3.8, 4) is 6.07 Å². The lowest BCUT2D eigenvalue weighted by molar-refractivity contribution is 0.129. The highest BCUT2D eigenvalue weighted by molar-refractivity contribution is 5.41. The summed E-state index contributed by atoms with van der Waals surface area (Å²) in [5.41, 5.74) is 2.26. The molecule has 1 aromatic rings. The molecule has 0 N–H and O–H groups in total. The standard InChI is InChI=1S/C15H19NO/c1-2-17-11-10-15(12-16)9-5-7-13-6-3-4-8-14(13)15/h3-4,6,8H,2,5,7,9-11H2,1H3. The Bertz CT molecular complexity index is 421. The lowest BCUT2D eigenvalue weighted by atomic mass is 9.69. The fraction of sp³-hybridized carbons (Fsp3) is 0.533. The highest BCUT2D eigenvalue weighted by Crippen LogP contribution is 2.39. The van der Waals surface area contributed by atoms with Crippen LogP contribution in [0.5, 0.6) is 0 Å². The molecule has 0 fully saturated rings. The van der Waals surface area contributed by atoms with Crippen molar-refractivity contribution in [2.24, 2.45) is 0 Å². The molecule has 2 heteroatoms. The predicted octanol–water partition coefficient (Wildman–Crippen LogP) is 3.21. The van der Waals surface area contributed by atoms with Crippen molar-refractivity contribution in [1.82, 2.24) is 0 Å². The summed E-state index contributed by atoms with van der Waals surface area (Å²) in [6.45, 7) is 3.40. The van der Waals surface area contributed by atoms with Crippen LogP contribution in [0.15, 0.2) is 24.3 Å². The first-order chi connectivity index (χ1) is 8.32. The summed E-state index contributed by atoms with van der Waals surface area (Å²) in [7, 11) is 0. The molecule has 2 nitrogen and oxygen atoms in total. The van der Waals surface area contributed by atoms with Gasteiger partial charge in [-0.3, -0.25) is 0 Å². The Hall–Kier alpha value is -1.33. The van der Waals surface area contributed by atoms with Gasteiger partial charge in [0.2, 0.25) is 0 Å². The third-order valence-electron chi connectivity index (χ3n) is 3.67. The van der Waals surface area contributed by atoms with Crippen LogP contribution in [0.2, 0.25) is 0 Å². The molecule has 0 radical (unpaired) electrons. The van der Waals surface area contributed by atoms with Crippen LogP contribution in [0.25, 0.3) is 0 Å². The van der Waals surface area contributed by atoms with Crippen molar-refractivity contribution in [3.05, 3.63) is 35.4 Å². The average molecular weight is 229 g/mol. The molecule has 0 spiro atoms. The second kappa shape index (κ2) is 5.33. The Kier molecular flexibility index (Phi) is 3.81. The Balaban J connectivity index is 2.27. The maximum absolute atomic E-state index is 9.58. The minimum absolute atomic E-state index is 0.315. The maximum atomic E-state index is 9.58. The van der Waals surface area contributed by atoms with E-state index < -0.39 is 0 Å². The van der Waals surface area contributed by atoms with E-state index in [-0.39, 0.29) is 5.41 Å². The van der Waals surface area contributed by atoms with Gasteiger partial charge in [-0.2, -0.15) is 5.26 Å². The number of fused-ring (bicyclic) bond motifs is 1. The quantitative estimate of drug-likeness (QED) is 0.743. The molecule has 1 aliphatic carbocycles. The van der Waals surface area contributed by atoms with Crippen LogP contribution in [0.3, 0.4) is 0 Å². The SMILES string of the molecule is CCOCCC1(C#N)CCCc2ccccc21. The Morgan fingerprint density at radius 2 is 2.24 bits per heavy atom. The molecular formula is C15H19NO. The molecule has 0 saturated carbocycles. The van der Waals surface area contributed by atoms with Gasteiger partial charge >= 0.3 is 0 Å². The van der Waals surface area contributed by atoms with E-state index >= 15 is 0 Å².